The second-order valence-electron chi connectivity index (χ2n) is 5.87. The predicted octanol–water partition coefficient (Wildman–Crippen LogP) is 3.25. The summed E-state index contributed by atoms with van der Waals surface area (Å²) in [5.41, 5.74) is 2.83. The van der Waals surface area contributed by atoms with E-state index in [1.807, 2.05) is 13.0 Å². The van der Waals surface area contributed by atoms with Gasteiger partial charge in [-0.1, -0.05) is 0 Å². The third-order valence-electron chi connectivity index (χ3n) is 4.03. The van der Waals surface area contributed by atoms with Gasteiger partial charge in [0.25, 0.3) is 0 Å². The summed E-state index contributed by atoms with van der Waals surface area (Å²) >= 11 is 0. The first-order chi connectivity index (χ1) is 12.9. The summed E-state index contributed by atoms with van der Waals surface area (Å²) in [4.78, 5) is 16.5. The molecule has 0 saturated carbocycles. The number of hydrogen-bond donors (Lipinski definition) is 2. The number of hydrogen-bond acceptors (Lipinski definition) is 5. The number of amides is 1. The Morgan fingerprint density at radius 2 is 2.15 bits per heavy atom. The van der Waals surface area contributed by atoms with E-state index in [1.165, 1.54) is 31.4 Å². The number of nitrogens with zero attached hydrogens (tertiary/aromatic N) is 3. The molecule has 0 atom stereocenters. The number of ether oxygens (including phenoxy) is 1. The molecule has 1 amide bonds. The van der Waals surface area contributed by atoms with E-state index in [0.29, 0.717) is 28.2 Å². The Labute approximate surface area is 154 Å². The highest BCUT2D eigenvalue weighted by atomic mass is 19.1. The van der Waals surface area contributed by atoms with Gasteiger partial charge in [0.2, 0.25) is 11.8 Å². The van der Waals surface area contributed by atoms with Gasteiger partial charge in [-0.15, -0.1) is 0 Å². The molecule has 2 N–H and O–H groups in total. The molecule has 2 aromatic heterocycles. The Morgan fingerprint density at radius 1 is 1.37 bits per heavy atom. The van der Waals surface area contributed by atoms with Gasteiger partial charge >= 0.3 is 0 Å². The first kappa shape index (κ1) is 18.1. The molecule has 1 aromatic carbocycles. The fourth-order valence-corrected chi connectivity index (χ4v) is 2.69. The number of fused-ring (bicyclic) bond motifs is 1. The quantitative estimate of drug-likeness (QED) is 0.691. The van der Waals surface area contributed by atoms with Gasteiger partial charge in [0.1, 0.15) is 11.9 Å². The van der Waals surface area contributed by atoms with Gasteiger partial charge in [0.05, 0.1) is 24.0 Å². The Bertz CT molecular complexity index is 1090. The fourth-order valence-electron chi connectivity index (χ4n) is 2.69. The van der Waals surface area contributed by atoms with E-state index in [9.17, 15) is 9.18 Å². The van der Waals surface area contributed by atoms with Crippen molar-refractivity contribution in [2.75, 3.05) is 12.4 Å². The molecule has 7 nitrogen and oxygen atoms in total. The lowest BCUT2D eigenvalue weighted by Gasteiger charge is -2.11. The molecule has 3 rings (SSSR count). The highest BCUT2D eigenvalue weighted by Crippen LogP contribution is 2.23. The van der Waals surface area contributed by atoms with E-state index in [4.69, 9.17) is 10.00 Å². The van der Waals surface area contributed by atoms with Crippen molar-refractivity contribution >= 4 is 28.6 Å². The SMILES string of the molecule is COc1cc(C)c(NC(=O)/C=C/c2cc3[nH]nc(C#N)c3cc2F)c(C)n1. The Balaban J connectivity index is 1.82. The van der Waals surface area contributed by atoms with Crippen molar-refractivity contribution in [3.05, 3.63) is 52.6 Å². The van der Waals surface area contributed by atoms with Gasteiger partial charge in [-0.3, -0.25) is 9.89 Å². The van der Waals surface area contributed by atoms with E-state index in [1.54, 1.807) is 13.0 Å². The molecule has 136 valence electrons. The normalized spacial score (nSPS) is 10.9. The van der Waals surface area contributed by atoms with Crippen LogP contribution in [0.25, 0.3) is 17.0 Å². The number of pyridine rings is 1. The number of rotatable bonds is 4. The van der Waals surface area contributed by atoms with Crippen LogP contribution in [0.1, 0.15) is 22.5 Å². The summed E-state index contributed by atoms with van der Waals surface area (Å²) < 4.78 is 19.3. The first-order valence-corrected chi connectivity index (χ1v) is 8.02. The van der Waals surface area contributed by atoms with Crippen molar-refractivity contribution in [1.29, 1.82) is 5.26 Å². The van der Waals surface area contributed by atoms with E-state index < -0.39 is 11.7 Å². The number of H-pyrrole nitrogens is 1. The lowest BCUT2D eigenvalue weighted by molar-refractivity contribution is -0.111. The Kier molecular flexibility index (Phi) is 4.86. The summed E-state index contributed by atoms with van der Waals surface area (Å²) in [6, 6.07) is 6.31. The van der Waals surface area contributed by atoms with Crippen LogP contribution >= 0.6 is 0 Å². The van der Waals surface area contributed by atoms with Gasteiger partial charge in [0, 0.05) is 23.1 Å². The zero-order chi connectivity index (χ0) is 19.6. The largest absolute Gasteiger partial charge is 0.481 e. The second-order valence-corrected chi connectivity index (χ2v) is 5.87. The van der Waals surface area contributed by atoms with Crippen molar-refractivity contribution in [1.82, 2.24) is 15.2 Å². The first-order valence-electron chi connectivity index (χ1n) is 8.02. The van der Waals surface area contributed by atoms with Gasteiger partial charge in [-0.25, -0.2) is 9.37 Å². The molecule has 27 heavy (non-hydrogen) atoms. The molecule has 0 saturated heterocycles. The smallest absolute Gasteiger partial charge is 0.248 e. The van der Waals surface area contributed by atoms with E-state index in [0.717, 1.165) is 5.56 Å². The number of benzene rings is 1. The number of halogens is 1. The molecule has 0 aliphatic carbocycles. The van der Waals surface area contributed by atoms with Crippen molar-refractivity contribution in [2.45, 2.75) is 13.8 Å². The van der Waals surface area contributed by atoms with Crippen LogP contribution in [0.3, 0.4) is 0 Å². The van der Waals surface area contributed by atoms with Crippen LogP contribution in [0.2, 0.25) is 0 Å². The molecular weight excluding hydrogens is 349 g/mol. The average molecular weight is 365 g/mol. The van der Waals surface area contributed by atoms with E-state index >= 15 is 0 Å². The molecular formula is C19H16FN5O2. The van der Waals surface area contributed by atoms with Gasteiger partial charge in [-0.05, 0) is 37.6 Å². The molecule has 8 heteroatoms. The minimum atomic E-state index is -0.553. The van der Waals surface area contributed by atoms with Gasteiger partial charge < -0.3 is 10.1 Å². The molecule has 0 aliphatic rings. The summed E-state index contributed by atoms with van der Waals surface area (Å²) in [5, 5.41) is 18.6. The monoisotopic (exact) mass is 365 g/mol. The second kappa shape index (κ2) is 7.25. The molecule has 0 radical (unpaired) electrons. The Hall–Kier alpha value is -3.73. The van der Waals surface area contributed by atoms with Crippen molar-refractivity contribution in [3.8, 4) is 11.9 Å². The number of anilines is 1. The van der Waals surface area contributed by atoms with Crippen LogP contribution in [-0.2, 0) is 4.79 Å². The highest BCUT2D eigenvalue weighted by molar-refractivity contribution is 6.03. The maximum Gasteiger partial charge on any atom is 0.248 e. The molecule has 0 aliphatic heterocycles. The molecule has 3 aromatic rings. The van der Waals surface area contributed by atoms with E-state index in [2.05, 4.69) is 20.5 Å². The number of aryl methyl sites for hydroxylation is 2. The van der Waals surface area contributed by atoms with Crippen molar-refractivity contribution in [2.24, 2.45) is 0 Å². The lowest BCUT2D eigenvalue weighted by Crippen LogP contribution is -2.11. The zero-order valence-corrected chi connectivity index (χ0v) is 14.9. The number of nitrogens with one attached hydrogen (secondary N) is 2. The lowest BCUT2D eigenvalue weighted by atomic mass is 10.1. The minimum absolute atomic E-state index is 0.120. The van der Waals surface area contributed by atoms with Crippen LogP contribution < -0.4 is 10.1 Å². The van der Waals surface area contributed by atoms with Gasteiger partial charge in [0.15, 0.2) is 5.69 Å². The maximum atomic E-state index is 14.2. The van der Waals surface area contributed by atoms with Crippen molar-refractivity contribution < 1.29 is 13.9 Å². The number of aromatic nitrogens is 3. The predicted molar refractivity (Wildman–Crippen MR) is 98.7 cm³/mol. The fraction of sp³-hybridized carbons (Fsp3) is 0.158. The third-order valence-corrected chi connectivity index (χ3v) is 4.03. The number of carbonyl (C=O) groups is 1. The molecule has 0 fully saturated rings. The summed E-state index contributed by atoms with van der Waals surface area (Å²) in [5.74, 6) is -0.511. The topological polar surface area (TPSA) is 104 Å². The van der Waals surface area contributed by atoms with E-state index in [-0.39, 0.29) is 11.3 Å². The molecule has 0 bridgehead atoms. The summed E-state index contributed by atoms with van der Waals surface area (Å²) in [6.07, 6.45) is 2.59. The molecule has 0 unspecified atom stereocenters. The number of nitriles is 1. The average Bonchev–Trinajstić information content (AvgIpc) is 3.04. The van der Waals surface area contributed by atoms with Crippen LogP contribution in [-0.4, -0.2) is 28.2 Å². The number of methoxy groups -OCH3 is 1. The molecule has 2 heterocycles. The summed E-state index contributed by atoms with van der Waals surface area (Å²) in [6.45, 7) is 3.59. The van der Waals surface area contributed by atoms with Crippen molar-refractivity contribution in [3.63, 3.8) is 0 Å². The zero-order valence-electron chi connectivity index (χ0n) is 14.9. The number of aromatic amines is 1. The van der Waals surface area contributed by atoms with Crippen LogP contribution in [0.4, 0.5) is 10.1 Å². The Morgan fingerprint density at radius 3 is 2.81 bits per heavy atom. The standard InChI is InChI=1S/C19H16FN5O2/c1-10-6-18(27-3)22-11(2)19(10)23-17(26)5-4-12-7-15-13(8-14(12)20)16(9-21)25-24-15/h4-8H,1-3H3,(H,23,26)(H,24,25)/b5-4+. The maximum absolute atomic E-state index is 14.2. The highest BCUT2D eigenvalue weighted by Gasteiger charge is 2.11. The van der Waals surface area contributed by atoms with Crippen LogP contribution in [0.15, 0.2) is 24.3 Å². The number of carbonyl (C=O) groups excluding carboxylic acids is 1. The minimum Gasteiger partial charge on any atom is -0.481 e. The summed E-state index contributed by atoms with van der Waals surface area (Å²) in [7, 11) is 1.52. The van der Waals surface area contributed by atoms with Gasteiger partial charge in [-0.2, -0.15) is 10.4 Å². The molecule has 0 spiro atoms. The van der Waals surface area contributed by atoms with Crippen LogP contribution in [0, 0.1) is 31.0 Å². The third kappa shape index (κ3) is 3.62. The van der Waals surface area contributed by atoms with Crippen LogP contribution in [0.5, 0.6) is 5.88 Å².